The quantitative estimate of drug-likeness (QED) is 0.235. The summed E-state index contributed by atoms with van der Waals surface area (Å²) in [7, 11) is 0. The molecule has 0 amide bonds. The van der Waals surface area contributed by atoms with Gasteiger partial charge < -0.3 is 4.74 Å². The Morgan fingerprint density at radius 2 is 1.56 bits per heavy atom. The fraction of sp³-hybridized carbons (Fsp3) is 0.586. The summed E-state index contributed by atoms with van der Waals surface area (Å²) in [6.07, 6.45) is 24.4. The van der Waals surface area contributed by atoms with E-state index in [9.17, 15) is 0 Å². The van der Waals surface area contributed by atoms with E-state index >= 15 is 0 Å². The third-order valence-electron chi connectivity index (χ3n) is 6.75. The highest BCUT2D eigenvalue weighted by molar-refractivity contribution is 5.55. The van der Waals surface area contributed by atoms with Crippen LogP contribution in [0.2, 0.25) is 0 Å². The van der Waals surface area contributed by atoms with Gasteiger partial charge in [-0.05, 0) is 80.2 Å². The number of aryl methyl sites for hydroxylation is 1. The van der Waals surface area contributed by atoms with Crippen LogP contribution in [0, 0.1) is 11.8 Å². The predicted octanol–water partition coefficient (Wildman–Crippen LogP) is 8.20. The zero-order valence-corrected chi connectivity index (χ0v) is 20.3. The first-order chi connectivity index (χ1) is 15.8. The maximum absolute atomic E-state index is 5.92. The Bertz CT molecular complexity index is 774. The van der Waals surface area contributed by atoms with E-state index < -0.39 is 0 Å². The molecule has 3 rings (SSSR count). The second-order valence-electron chi connectivity index (χ2n) is 9.41. The molecule has 3 nitrogen and oxygen atoms in total. The SMILES string of the molecule is CCCCCc1cnc(-c2ccc(OC/C=C/[C@H]3CC[C@H](CCCCC)CC3)cc2)nc1. The molecule has 0 unspecified atom stereocenters. The molecule has 32 heavy (non-hydrogen) atoms. The molecule has 1 aliphatic rings. The van der Waals surface area contributed by atoms with E-state index in [1.807, 2.05) is 36.7 Å². The number of hydrogen-bond acceptors (Lipinski definition) is 3. The van der Waals surface area contributed by atoms with Gasteiger partial charge in [0.1, 0.15) is 12.4 Å². The highest BCUT2D eigenvalue weighted by Crippen LogP contribution is 2.32. The smallest absolute Gasteiger partial charge is 0.159 e. The van der Waals surface area contributed by atoms with Gasteiger partial charge in [0.2, 0.25) is 0 Å². The molecule has 1 saturated carbocycles. The summed E-state index contributed by atoms with van der Waals surface area (Å²) < 4.78 is 5.92. The summed E-state index contributed by atoms with van der Waals surface area (Å²) in [5.74, 6) is 3.39. The zero-order chi connectivity index (χ0) is 22.4. The molecule has 0 radical (unpaired) electrons. The number of aromatic nitrogens is 2. The number of hydrogen-bond donors (Lipinski definition) is 0. The van der Waals surface area contributed by atoms with Crippen LogP contribution in [0.15, 0.2) is 48.8 Å². The van der Waals surface area contributed by atoms with Crippen LogP contribution < -0.4 is 4.74 Å². The first-order valence-corrected chi connectivity index (χ1v) is 13.0. The van der Waals surface area contributed by atoms with Gasteiger partial charge in [-0.2, -0.15) is 0 Å². The Hall–Kier alpha value is -2.16. The van der Waals surface area contributed by atoms with Gasteiger partial charge in [-0.15, -0.1) is 0 Å². The number of rotatable bonds is 13. The summed E-state index contributed by atoms with van der Waals surface area (Å²) in [5.41, 5.74) is 2.25. The van der Waals surface area contributed by atoms with Gasteiger partial charge in [0, 0.05) is 18.0 Å². The minimum absolute atomic E-state index is 0.638. The van der Waals surface area contributed by atoms with Crippen LogP contribution in [0.3, 0.4) is 0 Å². The van der Waals surface area contributed by atoms with Gasteiger partial charge in [-0.25, -0.2) is 9.97 Å². The number of unbranched alkanes of at least 4 members (excludes halogenated alkanes) is 4. The largest absolute Gasteiger partial charge is 0.490 e. The summed E-state index contributed by atoms with van der Waals surface area (Å²) >= 11 is 0. The van der Waals surface area contributed by atoms with Gasteiger partial charge in [0.15, 0.2) is 5.82 Å². The Balaban J connectivity index is 1.37. The van der Waals surface area contributed by atoms with E-state index in [-0.39, 0.29) is 0 Å². The van der Waals surface area contributed by atoms with Crippen molar-refractivity contribution in [1.29, 1.82) is 0 Å². The number of benzene rings is 1. The topological polar surface area (TPSA) is 35.0 Å². The zero-order valence-electron chi connectivity index (χ0n) is 20.3. The molecular formula is C29H42N2O. The van der Waals surface area contributed by atoms with Crippen LogP contribution in [0.1, 0.15) is 90.0 Å². The second-order valence-corrected chi connectivity index (χ2v) is 9.41. The van der Waals surface area contributed by atoms with E-state index in [1.165, 1.54) is 76.2 Å². The van der Waals surface area contributed by atoms with Crippen LogP contribution in [0.25, 0.3) is 11.4 Å². The maximum atomic E-state index is 5.92. The molecule has 0 spiro atoms. The minimum atomic E-state index is 0.638. The molecule has 0 aliphatic heterocycles. The van der Waals surface area contributed by atoms with Crippen molar-refractivity contribution < 1.29 is 4.74 Å². The molecule has 2 aromatic rings. The first-order valence-electron chi connectivity index (χ1n) is 13.0. The Kier molecular flexibility index (Phi) is 10.8. The van der Waals surface area contributed by atoms with Crippen LogP contribution in [0.5, 0.6) is 5.75 Å². The van der Waals surface area contributed by atoms with E-state index in [0.717, 1.165) is 35.4 Å². The van der Waals surface area contributed by atoms with Gasteiger partial charge in [0.05, 0.1) is 0 Å². The van der Waals surface area contributed by atoms with Crippen molar-refractivity contribution in [1.82, 2.24) is 9.97 Å². The molecule has 0 saturated heterocycles. The predicted molar refractivity (Wildman–Crippen MR) is 135 cm³/mol. The third-order valence-corrected chi connectivity index (χ3v) is 6.75. The first kappa shape index (κ1) is 24.5. The normalized spacial score (nSPS) is 18.8. The maximum Gasteiger partial charge on any atom is 0.159 e. The lowest BCUT2D eigenvalue weighted by Gasteiger charge is -2.26. The lowest BCUT2D eigenvalue weighted by molar-refractivity contribution is 0.288. The average molecular weight is 435 g/mol. The van der Waals surface area contributed by atoms with Gasteiger partial charge in [-0.3, -0.25) is 0 Å². The lowest BCUT2D eigenvalue weighted by Crippen LogP contribution is -2.13. The summed E-state index contributed by atoms with van der Waals surface area (Å²) in [4.78, 5) is 9.09. The van der Waals surface area contributed by atoms with Crippen molar-refractivity contribution in [2.24, 2.45) is 11.8 Å². The van der Waals surface area contributed by atoms with E-state index in [4.69, 9.17) is 4.74 Å². The van der Waals surface area contributed by atoms with Crippen LogP contribution in [-0.2, 0) is 6.42 Å². The highest BCUT2D eigenvalue weighted by atomic mass is 16.5. The van der Waals surface area contributed by atoms with Gasteiger partial charge in [0.25, 0.3) is 0 Å². The lowest BCUT2D eigenvalue weighted by atomic mass is 9.79. The van der Waals surface area contributed by atoms with E-state index in [1.54, 1.807) is 0 Å². The van der Waals surface area contributed by atoms with Crippen LogP contribution >= 0.6 is 0 Å². The molecule has 1 aliphatic carbocycles. The van der Waals surface area contributed by atoms with Crippen molar-refractivity contribution in [2.75, 3.05) is 6.61 Å². The van der Waals surface area contributed by atoms with Crippen molar-refractivity contribution in [3.63, 3.8) is 0 Å². The van der Waals surface area contributed by atoms with Crippen molar-refractivity contribution in [2.45, 2.75) is 90.9 Å². The summed E-state index contributed by atoms with van der Waals surface area (Å²) in [6, 6.07) is 8.13. The summed E-state index contributed by atoms with van der Waals surface area (Å²) in [5, 5.41) is 0. The highest BCUT2D eigenvalue weighted by Gasteiger charge is 2.18. The average Bonchev–Trinajstić information content (AvgIpc) is 2.84. The molecule has 1 heterocycles. The molecule has 174 valence electrons. The Morgan fingerprint density at radius 1 is 0.875 bits per heavy atom. The standard InChI is InChI=1S/C29H42N2O/c1-3-5-7-10-24-13-15-25(16-14-24)12-9-21-32-28-19-17-27(18-20-28)29-30-22-26(23-31-29)11-8-6-4-2/h9,12,17-20,22-25H,3-8,10-11,13-16,21H2,1-2H3/b12-9+/t24-,25-. The Labute approximate surface area is 195 Å². The monoisotopic (exact) mass is 434 g/mol. The molecule has 3 heteroatoms. The fourth-order valence-corrected chi connectivity index (χ4v) is 4.66. The molecular weight excluding hydrogens is 392 g/mol. The van der Waals surface area contributed by atoms with Crippen LogP contribution in [-0.4, -0.2) is 16.6 Å². The van der Waals surface area contributed by atoms with E-state index in [0.29, 0.717) is 6.61 Å². The minimum Gasteiger partial charge on any atom is -0.490 e. The van der Waals surface area contributed by atoms with Crippen molar-refractivity contribution in [3.8, 4) is 17.1 Å². The third kappa shape index (κ3) is 8.41. The second kappa shape index (κ2) is 14.1. The van der Waals surface area contributed by atoms with Crippen molar-refractivity contribution in [3.05, 3.63) is 54.4 Å². The molecule has 1 aromatic carbocycles. The molecule has 1 fully saturated rings. The summed E-state index contributed by atoms with van der Waals surface area (Å²) in [6.45, 7) is 5.16. The molecule has 0 atom stereocenters. The van der Waals surface area contributed by atoms with E-state index in [2.05, 4.69) is 36.0 Å². The van der Waals surface area contributed by atoms with Gasteiger partial charge in [-0.1, -0.05) is 64.5 Å². The molecule has 1 aromatic heterocycles. The fourth-order valence-electron chi connectivity index (χ4n) is 4.66. The number of nitrogens with zero attached hydrogens (tertiary/aromatic N) is 2. The Morgan fingerprint density at radius 3 is 2.25 bits per heavy atom. The number of ether oxygens (including phenoxy) is 1. The van der Waals surface area contributed by atoms with Gasteiger partial charge >= 0.3 is 0 Å². The van der Waals surface area contributed by atoms with Crippen LogP contribution in [0.4, 0.5) is 0 Å². The number of allylic oxidation sites excluding steroid dienone is 1. The molecule has 0 bridgehead atoms. The molecule has 0 N–H and O–H groups in total. The van der Waals surface area contributed by atoms with Crippen molar-refractivity contribution >= 4 is 0 Å².